The molecule has 76 valence electrons. The Morgan fingerprint density at radius 3 is 3.13 bits per heavy atom. The zero-order chi connectivity index (χ0) is 10.3. The molecular weight excluding hydrogens is 186 g/mol. The largest absolute Gasteiger partial charge is 0.369 e. The van der Waals surface area contributed by atoms with Gasteiger partial charge in [-0.1, -0.05) is 24.3 Å². The molecule has 1 aromatic carbocycles. The zero-order valence-corrected chi connectivity index (χ0v) is 8.67. The monoisotopic (exact) mass is 199 g/mol. The molecule has 1 aromatic heterocycles. The van der Waals surface area contributed by atoms with Crippen molar-refractivity contribution >= 4 is 5.82 Å². The topological polar surface area (TPSA) is 40.7 Å². The van der Waals surface area contributed by atoms with Crippen molar-refractivity contribution in [3.8, 4) is 11.3 Å². The van der Waals surface area contributed by atoms with Crippen molar-refractivity contribution in [3.05, 3.63) is 35.4 Å². The maximum atomic E-state index is 4.29. The Hall–Kier alpha value is -1.77. The summed E-state index contributed by atoms with van der Waals surface area (Å²) in [5.41, 5.74) is 5.17. The lowest BCUT2D eigenvalue weighted by atomic mass is 10.1. The number of rotatable bonds is 2. The molecule has 1 heterocycles. The van der Waals surface area contributed by atoms with Gasteiger partial charge in [-0.3, -0.25) is 5.10 Å². The van der Waals surface area contributed by atoms with Crippen LogP contribution in [0.25, 0.3) is 11.3 Å². The number of fused-ring (bicyclic) bond motifs is 3. The third kappa shape index (κ3) is 1.16. The molecule has 1 aliphatic rings. The molecule has 3 nitrogen and oxygen atoms in total. The Labute approximate surface area is 88.5 Å². The van der Waals surface area contributed by atoms with E-state index in [1.807, 2.05) is 0 Å². The van der Waals surface area contributed by atoms with E-state index in [2.05, 4.69) is 46.7 Å². The number of hydrogen-bond donors (Lipinski definition) is 2. The summed E-state index contributed by atoms with van der Waals surface area (Å²) in [5, 5.41) is 10.7. The molecule has 0 radical (unpaired) electrons. The van der Waals surface area contributed by atoms with E-state index in [1.165, 1.54) is 22.4 Å². The van der Waals surface area contributed by atoms with Gasteiger partial charge in [0.15, 0.2) is 5.82 Å². The first kappa shape index (κ1) is 8.53. The quantitative estimate of drug-likeness (QED) is 0.665. The lowest BCUT2D eigenvalue weighted by Crippen LogP contribution is -1.99. The van der Waals surface area contributed by atoms with Crippen molar-refractivity contribution in [1.29, 1.82) is 0 Å². The van der Waals surface area contributed by atoms with Gasteiger partial charge in [-0.2, -0.15) is 5.10 Å². The van der Waals surface area contributed by atoms with Crippen LogP contribution >= 0.6 is 0 Å². The zero-order valence-electron chi connectivity index (χ0n) is 8.67. The summed E-state index contributed by atoms with van der Waals surface area (Å²) in [6, 6.07) is 8.49. The second kappa shape index (κ2) is 3.12. The lowest BCUT2D eigenvalue weighted by molar-refractivity contribution is 1.06. The van der Waals surface area contributed by atoms with Crippen LogP contribution in [0.1, 0.15) is 18.1 Å². The molecule has 0 fully saturated rings. The van der Waals surface area contributed by atoms with Crippen molar-refractivity contribution in [3.63, 3.8) is 0 Å². The minimum atomic E-state index is 0.910. The number of aromatic nitrogens is 2. The molecule has 0 amide bonds. The minimum absolute atomic E-state index is 0.910. The molecule has 0 saturated carbocycles. The van der Waals surface area contributed by atoms with Crippen LogP contribution in [0.15, 0.2) is 24.3 Å². The van der Waals surface area contributed by atoms with Gasteiger partial charge in [-0.15, -0.1) is 0 Å². The molecule has 0 unspecified atom stereocenters. The Balaban J connectivity index is 2.11. The van der Waals surface area contributed by atoms with E-state index in [0.29, 0.717) is 0 Å². The molecule has 1 aliphatic carbocycles. The highest BCUT2D eigenvalue weighted by molar-refractivity contribution is 5.77. The molecule has 2 N–H and O–H groups in total. The summed E-state index contributed by atoms with van der Waals surface area (Å²) >= 11 is 0. The first-order chi connectivity index (χ1) is 7.40. The van der Waals surface area contributed by atoms with Crippen LogP contribution in [-0.2, 0) is 6.42 Å². The number of nitrogens with zero attached hydrogens (tertiary/aromatic N) is 1. The third-order valence-electron chi connectivity index (χ3n) is 2.87. The van der Waals surface area contributed by atoms with Gasteiger partial charge in [0.05, 0.1) is 5.69 Å². The number of aromatic amines is 1. The second-order valence-electron chi connectivity index (χ2n) is 3.79. The van der Waals surface area contributed by atoms with Gasteiger partial charge in [-0.25, -0.2) is 0 Å². The highest BCUT2D eigenvalue weighted by Crippen LogP contribution is 2.38. The molecule has 3 rings (SSSR count). The number of H-pyrrole nitrogens is 1. The summed E-state index contributed by atoms with van der Waals surface area (Å²) in [5.74, 6) is 1.00. The predicted molar refractivity (Wildman–Crippen MR) is 61.0 cm³/mol. The highest BCUT2D eigenvalue weighted by atomic mass is 15.2. The van der Waals surface area contributed by atoms with Crippen molar-refractivity contribution in [2.75, 3.05) is 11.9 Å². The number of anilines is 1. The van der Waals surface area contributed by atoms with Crippen molar-refractivity contribution in [2.45, 2.75) is 13.3 Å². The number of benzene rings is 1. The van der Waals surface area contributed by atoms with E-state index in [1.54, 1.807) is 0 Å². The SMILES string of the molecule is CCNc1n[nH]c2c1Cc1ccccc1-2. The Morgan fingerprint density at radius 1 is 1.40 bits per heavy atom. The average molecular weight is 199 g/mol. The smallest absolute Gasteiger partial charge is 0.151 e. The molecule has 2 aromatic rings. The van der Waals surface area contributed by atoms with E-state index < -0.39 is 0 Å². The van der Waals surface area contributed by atoms with Gasteiger partial charge >= 0.3 is 0 Å². The van der Waals surface area contributed by atoms with Crippen LogP contribution < -0.4 is 5.32 Å². The lowest BCUT2D eigenvalue weighted by Gasteiger charge is -1.99. The van der Waals surface area contributed by atoms with Crippen LogP contribution in [0, 0.1) is 0 Å². The van der Waals surface area contributed by atoms with Crippen LogP contribution in [0.3, 0.4) is 0 Å². The molecule has 0 saturated heterocycles. The molecule has 0 aliphatic heterocycles. The Morgan fingerprint density at radius 2 is 2.27 bits per heavy atom. The van der Waals surface area contributed by atoms with Crippen molar-refractivity contribution in [1.82, 2.24) is 10.2 Å². The average Bonchev–Trinajstić information content (AvgIpc) is 2.79. The molecule has 0 bridgehead atoms. The predicted octanol–water partition coefficient (Wildman–Crippen LogP) is 2.41. The fourth-order valence-corrected chi connectivity index (χ4v) is 2.18. The van der Waals surface area contributed by atoms with Crippen LogP contribution in [0.2, 0.25) is 0 Å². The summed E-state index contributed by atoms with van der Waals surface area (Å²) in [6.45, 7) is 3.00. The summed E-state index contributed by atoms with van der Waals surface area (Å²) < 4.78 is 0. The van der Waals surface area contributed by atoms with Gasteiger partial charge in [0.25, 0.3) is 0 Å². The van der Waals surface area contributed by atoms with Gasteiger partial charge in [0, 0.05) is 24.1 Å². The maximum Gasteiger partial charge on any atom is 0.151 e. The molecular formula is C12H13N3. The van der Waals surface area contributed by atoms with Crippen molar-refractivity contribution < 1.29 is 0 Å². The van der Waals surface area contributed by atoms with E-state index in [-0.39, 0.29) is 0 Å². The third-order valence-corrected chi connectivity index (χ3v) is 2.87. The molecule has 15 heavy (non-hydrogen) atoms. The van der Waals surface area contributed by atoms with Gasteiger partial charge in [-0.05, 0) is 12.5 Å². The van der Waals surface area contributed by atoms with Gasteiger partial charge < -0.3 is 5.32 Å². The van der Waals surface area contributed by atoms with Crippen LogP contribution in [0.4, 0.5) is 5.82 Å². The van der Waals surface area contributed by atoms with Crippen LogP contribution in [-0.4, -0.2) is 16.7 Å². The fraction of sp³-hybridized carbons (Fsp3) is 0.250. The van der Waals surface area contributed by atoms with E-state index >= 15 is 0 Å². The van der Waals surface area contributed by atoms with Crippen molar-refractivity contribution in [2.24, 2.45) is 0 Å². The summed E-state index contributed by atoms with van der Waals surface area (Å²) in [7, 11) is 0. The first-order valence-corrected chi connectivity index (χ1v) is 5.29. The minimum Gasteiger partial charge on any atom is -0.369 e. The van der Waals surface area contributed by atoms with E-state index in [4.69, 9.17) is 0 Å². The number of hydrogen-bond acceptors (Lipinski definition) is 2. The molecule has 0 spiro atoms. The summed E-state index contributed by atoms with van der Waals surface area (Å²) in [4.78, 5) is 0. The normalized spacial score (nSPS) is 12.3. The van der Waals surface area contributed by atoms with E-state index in [0.717, 1.165) is 18.8 Å². The van der Waals surface area contributed by atoms with Gasteiger partial charge in [0.2, 0.25) is 0 Å². The maximum absolute atomic E-state index is 4.29. The number of nitrogens with one attached hydrogen (secondary N) is 2. The fourth-order valence-electron chi connectivity index (χ4n) is 2.18. The van der Waals surface area contributed by atoms with E-state index in [9.17, 15) is 0 Å². The standard InChI is InChI=1S/C12H13N3/c1-2-13-12-10-7-8-5-3-4-6-9(8)11(10)14-15-12/h3-6H,2,7H2,1H3,(H2,13,14,15). The second-order valence-corrected chi connectivity index (χ2v) is 3.79. The summed E-state index contributed by atoms with van der Waals surface area (Å²) in [6.07, 6.45) is 0.990. The first-order valence-electron chi connectivity index (χ1n) is 5.29. The van der Waals surface area contributed by atoms with Gasteiger partial charge in [0.1, 0.15) is 0 Å². The Kier molecular flexibility index (Phi) is 1.78. The highest BCUT2D eigenvalue weighted by Gasteiger charge is 2.23. The Bertz CT molecular complexity index is 499. The molecule has 3 heteroatoms. The van der Waals surface area contributed by atoms with Crippen LogP contribution in [0.5, 0.6) is 0 Å². The molecule has 0 atom stereocenters.